The maximum absolute atomic E-state index is 12.4. The first-order chi connectivity index (χ1) is 8.07. The summed E-state index contributed by atoms with van der Waals surface area (Å²) in [6.07, 6.45) is -9.42. The van der Waals surface area contributed by atoms with E-state index in [2.05, 4.69) is 4.74 Å². The average molecular weight is 310 g/mol. The Labute approximate surface area is 110 Å². The summed E-state index contributed by atoms with van der Waals surface area (Å²) in [6, 6.07) is -0.709. The molecule has 0 aromatic heterocycles. The molecular weight excluding hydrogens is 300 g/mol. The summed E-state index contributed by atoms with van der Waals surface area (Å²) in [7, 11) is 0.974. The van der Waals surface area contributed by atoms with Crippen LogP contribution in [-0.2, 0) is 6.18 Å². The molecule has 1 aromatic rings. The van der Waals surface area contributed by atoms with Crippen molar-refractivity contribution >= 4 is 12.4 Å². The number of benzene rings is 1. The van der Waals surface area contributed by atoms with Crippen LogP contribution in [0.25, 0.3) is 0 Å². The molecule has 0 heterocycles. The van der Waals surface area contributed by atoms with E-state index in [1.165, 1.54) is 0 Å². The fourth-order valence-corrected chi connectivity index (χ4v) is 1.32. The minimum atomic E-state index is -4.76. The van der Waals surface area contributed by atoms with E-state index < -0.39 is 35.3 Å². The van der Waals surface area contributed by atoms with Gasteiger partial charge in [-0.3, -0.25) is 0 Å². The molecule has 1 aromatic carbocycles. The van der Waals surface area contributed by atoms with Gasteiger partial charge in [-0.1, -0.05) is 6.07 Å². The third-order valence-corrected chi connectivity index (χ3v) is 2.25. The zero-order valence-corrected chi connectivity index (χ0v) is 10.3. The predicted molar refractivity (Wildman–Crippen MR) is 58.2 cm³/mol. The first kappa shape index (κ1) is 17.9. The lowest BCUT2D eigenvalue weighted by Gasteiger charge is -2.19. The van der Waals surface area contributed by atoms with E-state index >= 15 is 0 Å². The van der Waals surface area contributed by atoms with E-state index in [9.17, 15) is 26.3 Å². The Balaban J connectivity index is 0.00000324. The third kappa shape index (κ3) is 4.17. The number of nitrogens with two attached hydrogens (primary N) is 1. The van der Waals surface area contributed by atoms with Crippen molar-refractivity contribution in [3.05, 3.63) is 29.3 Å². The van der Waals surface area contributed by atoms with E-state index in [0.717, 1.165) is 7.11 Å². The Morgan fingerprint density at radius 1 is 1.11 bits per heavy atom. The molecule has 0 bridgehead atoms. The van der Waals surface area contributed by atoms with Gasteiger partial charge in [0.2, 0.25) is 0 Å². The molecule has 0 saturated carbocycles. The van der Waals surface area contributed by atoms with E-state index in [4.69, 9.17) is 5.73 Å². The van der Waals surface area contributed by atoms with Crippen molar-refractivity contribution in [3.63, 3.8) is 0 Å². The molecule has 110 valence electrons. The van der Waals surface area contributed by atoms with Crippen molar-refractivity contribution in [1.82, 2.24) is 0 Å². The number of ether oxygens (including phenoxy) is 1. The number of hydrogen-bond acceptors (Lipinski definition) is 2. The topological polar surface area (TPSA) is 35.2 Å². The summed E-state index contributed by atoms with van der Waals surface area (Å²) in [5, 5.41) is 0. The molecule has 0 unspecified atom stereocenters. The molecule has 0 amide bonds. The maximum atomic E-state index is 12.4. The van der Waals surface area contributed by atoms with Crippen LogP contribution in [-0.4, -0.2) is 13.3 Å². The van der Waals surface area contributed by atoms with Crippen molar-refractivity contribution < 1.29 is 31.1 Å². The molecule has 9 heteroatoms. The Hall–Kier alpha value is -1.15. The van der Waals surface area contributed by atoms with Gasteiger partial charge >= 0.3 is 12.4 Å². The van der Waals surface area contributed by atoms with E-state index in [0.29, 0.717) is 18.2 Å². The zero-order chi connectivity index (χ0) is 14.1. The van der Waals surface area contributed by atoms with Gasteiger partial charge in [0.25, 0.3) is 0 Å². The van der Waals surface area contributed by atoms with Crippen LogP contribution in [0.5, 0.6) is 5.75 Å². The Bertz CT molecular complexity index is 431. The van der Waals surface area contributed by atoms with Gasteiger partial charge in [0.05, 0.1) is 12.7 Å². The second-order valence-corrected chi connectivity index (χ2v) is 3.47. The molecule has 0 radical (unpaired) electrons. The van der Waals surface area contributed by atoms with Gasteiger partial charge in [0.1, 0.15) is 11.8 Å². The van der Waals surface area contributed by atoms with Crippen LogP contribution in [0, 0.1) is 0 Å². The lowest BCUT2D eigenvalue weighted by atomic mass is 10.0. The highest BCUT2D eigenvalue weighted by atomic mass is 35.5. The van der Waals surface area contributed by atoms with Gasteiger partial charge in [0.15, 0.2) is 0 Å². The first-order valence-corrected chi connectivity index (χ1v) is 4.64. The maximum Gasteiger partial charge on any atom is 0.416 e. The van der Waals surface area contributed by atoms with Crippen molar-refractivity contribution in [1.29, 1.82) is 0 Å². The number of halogens is 7. The molecule has 0 saturated heterocycles. The van der Waals surface area contributed by atoms with E-state index in [-0.39, 0.29) is 12.4 Å². The number of hydrogen-bond donors (Lipinski definition) is 1. The molecule has 1 rings (SSSR count). The summed E-state index contributed by atoms with van der Waals surface area (Å²) in [4.78, 5) is 0. The molecule has 2 nitrogen and oxygen atoms in total. The van der Waals surface area contributed by atoms with Crippen LogP contribution in [0.2, 0.25) is 0 Å². The normalized spacial score (nSPS) is 13.7. The lowest BCUT2D eigenvalue weighted by molar-refractivity contribution is -0.149. The zero-order valence-electron chi connectivity index (χ0n) is 9.47. The van der Waals surface area contributed by atoms with E-state index in [1.54, 1.807) is 0 Å². The van der Waals surface area contributed by atoms with Crippen LogP contribution < -0.4 is 10.5 Å². The van der Waals surface area contributed by atoms with E-state index in [1.807, 2.05) is 0 Å². The second-order valence-electron chi connectivity index (χ2n) is 3.47. The minimum absolute atomic E-state index is 0. The monoisotopic (exact) mass is 309 g/mol. The summed E-state index contributed by atoms with van der Waals surface area (Å²) < 4.78 is 78.8. The summed E-state index contributed by atoms with van der Waals surface area (Å²) in [5.41, 5.74) is 3.28. The second kappa shape index (κ2) is 5.87. The first-order valence-electron chi connectivity index (χ1n) is 4.64. The smallest absolute Gasteiger partial charge is 0.416 e. The summed E-state index contributed by atoms with van der Waals surface area (Å²) in [6.45, 7) is 0. The van der Waals surface area contributed by atoms with Crippen LogP contribution in [0.3, 0.4) is 0 Å². The highest BCUT2D eigenvalue weighted by molar-refractivity contribution is 5.85. The van der Waals surface area contributed by atoms with Crippen LogP contribution in [0.4, 0.5) is 26.3 Å². The van der Waals surface area contributed by atoms with Crippen LogP contribution >= 0.6 is 12.4 Å². The molecular formula is C10H10ClF6NO. The van der Waals surface area contributed by atoms with Gasteiger partial charge < -0.3 is 10.5 Å². The molecule has 0 aliphatic heterocycles. The fourth-order valence-electron chi connectivity index (χ4n) is 1.32. The lowest BCUT2D eigenvalue weighted by Crippen LogP contribution is -2.29. The Kier molecular flexibility index (Phi) is 5.52. The Morgan fingerprint density at radius 2 is 1.63 bits per heavy atom. The average Bonchev–Trinajstić information content (AvgIpc) is 2.24. The minimum Gasteiger partial charge on any atom is -0.496 e. The van der Waals surface area contributed by atoms with Crippen molar-refractivity contribution in [2.75, 3.05) is 7.11 Å². The van der Waals surface area contributed by atoms with Gasteiger partial charge in [-0.2, -0.15) is 26.3 Å². The fraction of sp³-hybridized carbons (Fsp3) is 0.400. The quantitative estimate of drug-likeness (QED) is 0.846. The summed E-state index contributed by atoms with van der Waals surface area (Å²) in [5.74, 6) is -0.547. The van der Waals surface area contributed by atoms with Gasteiger partial charge in [-0.05, 0) is 12.1 Å². The molecule has 19 heavy (non-hydrogen) atoms. The standard InChI is InChI=1S/C10H9F6NO.ClH/c1-18-7-4-5(9(11,12)13)2-3-6(7)8(17)10(14,15)16;/h2-4,8H,17H2,1H3;1H/t8-;/m0./s1. The molecule has 2 N–H and O–H groups in total. The van der Waals surface area contributed by atoms with Crippen LogP contribution in [0.1, 0.15) is 17.2 Å². The highest BCUT2D eigenvalue weighted by Crippen LogP contribution is 2.38. The summed E-state index contributed by atoms with van der Waals surface area (Å²) >= 11 is 0. The Morgan fingerprint density at radius 3 is 2.00 bits per heavy atom. The van der Waals surface area contributed by atoms with Crippen molar-refractivity contribution in [3.8, 4) is 5.75 Å². The molecule has 1 atom stereocenters. The highest BCUT2D eigenvalue weighted by Gasteiger charge is 2.40. The molecule has 0 aliphatic carbocycles. The number of alkyl halides is 6. The SMILES string of the molecule is COc1cc(C(F)(F)F)ccc1[C@H](N)C(F)(F)F.Cl. The van der Waals surface area contributed by atoms with Gasteiger partial charge in [-0.25, -0.2) is 0 Å². The largest absolute Gasteiger partial charge is 0.496 e. The predicted octanol–water partition coefficient (Wildman–Crippen LogP) is 3.70. The van der Waals surface area contributed by atoms with Gasteiger partial charge in [-0.15, -0.1) is 12.4 Å². The van der Waals surface area contributed by atoms with Crippen LogP contribution in [0.15, 0.2) is 18.2 Å². The van der Waals surface area contributed by atoms with Crippen molar-refractivity contribution in [2.45, 2.75) is 18.4 Å². The molecule has 0 spiro atoms. The van der Waals surface area contributed by atoms with Crippen molar-refractivity contribution in [2.24, 2.45) is 5.73 Å². The molecule has 0 aliphatic rings. The third-order valence-electron chi connectivity index (χ3n) is 2.25. The van der Waals surface area contributed by atoms with Gasteiger partial charge in [0, 0.05) is 5.56 Å². The molecule has 0 fully saturated rings. The number of rotatable bonds is 2. The number of methoxy groups -OCH3 is 1.